The summed E-state index contributed by atoms with van der Waals surface area (Å²) < 4.78 is 0. The molecular formula is C19H16Cl2N2. The number of hydrogen-bond donors (Lipinski definition) is 1. The highest BCUT2D eigenvalue weighted by Crippen LogP contribution is 2.38. The maximum absolute atomic E-state index is 6.41. The van der Waals surface area contributed by atoms with E-state index in [0.717, 1.165) is 39.7 Å². The molecule has 116 valence electrons. The molecule has 3 rings (SSSR count). The molecule has 0 saturated carbocycles. The van der Waals surface area contributed by atoms with Crippen LogP contribution in [0.25, 0.3) is 22.2 Å². The van der Waals surface area contributed by atoms with E-state index in [0.29, 0.717) is 10.0 Å². The number of pyridine rings is 1. The maximum atomic E-state index is 6.41. The zero-order chi connectivity index (χ0) is 16.4. The van der Waals surface area contributed by atoms with Crippen molar-refractivity contribution in [3.63, 3.8) is 0 Å². The van der Waals surface area contributed by atoms with E-state index in [4.69, 9.17) is 23.2 Å². The summed E-state index contributed by atoms with van der Waals surface area (Å²) in [4.78, 5) is 7.58. The lowest BCUT2D eigenvalue weighted by atomic mass is 9.93. The van der Waals surface area contributed by atoms with Gasteiger partial charge in [0.15, 0.2) is 0 Å². The van der Waals surface area contributed by atoms with E-state index < -0.39 is 0 Å². The number of rotatable bonds is 4. The molecule has 23 heavy (non-hydrogen) atoms. The fourth-order valence-corrected chi connectivity index (χ4v) is 3.24. The van der Waals surface area contributed by atoms with Crippen LogP contribution in [0, 0.1) is 0 Å². The van der Waals surface area contributed by atoms with Crippen LogP contribution in [0.2, 0.25) is 10.0 Å². The predicted molar refractivity (Wildman–Crippen MR) is 99.9 cm³/mol. The Morgan fingerprint density at radius 3 is 2.78 bits per heavy atom. The van der Waals surface area contributed by atoms with Crippen molar-refractivity contribution in [1.29, 1.82) is 0 Å². The van der Waals surface area contributed by atoms with Gasteiger partial charge in [0.1, 0.15) is 5.65 Å². The lowest BCUT2D eigenvalue weighted by molar-refractivity contribution is 1.24. The van der Waals surface area contributed by atoms with Crippen molar-refractivity contribution in [3.05, 3.63) is 76.6 Å². The Kier molecular flexibility index (Phi) is 4.56. The summed E-state index contributed by atoms with van der Waals surface area (Å²) in [5.74, 6) is 0. The number of allylic oxidation sites excluding steroid dienone is 3. The Labute approximate surface area is 145 Å². The zero-order valence-electron chi connectivity index (χ0n) is 12.7. The van der Waals surface area contributed by atoms with Gasteiger partial charge in [-0.3, -0.25) is 0 Å². The summed E-state index contributed by atoms with van der Waals surface area (Å²) in [5.41, 5.74) is 5.02. The van der Waals surface area contributed by atoms with Gasteiger partial charge in [-0.05, 0) is 35.8 Å². The molecule has 4 heteroatoms. The number of aromatic amines is 1. The Morgan fingerprint density at radius 2 is 2.04 bits per heavy atom. The van der Waals surface area contributed by atoms with Crippen LogP contribution in [0.1, 0.15) is 24.5 Å². The van der Waals surface area contributed by atoms with Gasteiger partial charge in [0.2, 0.25) is 0 Å². The third-order valence-electron chi connectivity index (χ3n) is 3.90. The highest BCUT2D eigenvalue weighted by atomic mass is 35.5. The molecular weight excluding hydrogens is 327 g/mol. The van der Waals surface area contributed by atoms with Gasteiger partial charge in [-0.1, -0.05) is 54.9 Å². The van der Waals surface area contributed by atoms with E-state index in [1.54, 1.807) is 12.3 Å². The van der Waals surface area contributed by atoms with Crippen LogP contribution in [0.3, 0.4) is 0 Å². The molecule has 0 unspecified atom stereocenters. The highest BCUT2D eigenvalue weighted by Gasteiger charge is 2.15. The average Bonchev–Trinajstić information content (AvgIpc) is 2.99. The minimum absolute atomic E-state index is 0.541. The van der Waals surface area contributed by atoms with Crippen LogP contribution < -0.4 is 0 Å². The first-order chi connectivity index (χ1) is 11.2. The normalized spacial score (nSPS) is 12.3. The van der Waals surface area contributed by atoms with Crippen molar-refractivity contribution in [2.45, 2.75) is 13.3 Å². The third-order valence-corrected chi connectivity index (χ3v) is 4.72. The molecule has 0 amide bonds. The molecule has 0 bridgehead atoms. The monoisotopic (exact) mass is 342 g/mol. The van der Waals surface area contributed by atoms with Gasteiger partial charge in [-0.15, -0.1) is 0 Å². The molecule has 1 aromatic carbocycles. The zero-order valence-corrected chi connectivity index (χ0v) is 14.2. The molecule has 0 aliphatic heterocycles. The topological polar surface area (TPSA) is 28.7 Å². The lowest BCUT2D eigenvalue weighted by Crippen LogP contribution is -1.91. The Morgan fingerprint density at radius 1 is 1.22 bits per heavy atom. The van der Waals surface area contributed by atoms with E-state index in [2.05, 4.69) is 29.5 Å². The molecule has 0 saturated heterocycles. The van der Waals surface area contributed by atoms with Crippen molar-refractivity contribution in [1.82, 2.24) is 9.97 Å². The van der Waals surface area contributed by atoms with Gasteiger partial charge in [-0.25, -0.2) is 4.98 Å². The second-order valence-corrected chi connectivity index (χ2v) is 5.94. The van der Waals surface area contributed by atoms with Gasteiger partial charge >= 0.3 is 0 Å². The van der Waals surface area contributed by atoms with Crippen LogP contribution in [0.15, 0.2) is 55.4 Å². The number of aromatic nitrogens is 2. The van der Waals surface area contributed by atoms with Crippen molar-refractivity contribution >= 4 is 45.4 Å². The number of benzene rings is 1. The number of halogens is 2. The van der Waals surface area contributed by atoms with Crippen molar-refractivity contribution in [3.8, 4) is 0 Å². The van der Waals surface area contributed by atoms with Crippen LogP contribution >= 0.6 is 23.2 Å². The molecule has 0 fully saturated rings. The van der Waals surface area contributed by atoms with Crippen molar-refractivity contribution in [2.75, 3.05) is 0 Å². The molecule has 0 spiro atoms. The van der Waals surface area contributed by atoms with Crippen molar-refractivity contribution < 1.29 is 0 Å². The van der Waals surface area contributed by atoms with Gasteiger partial charge in [0.05, 0.1) is 10.0 Å². The van der Waals surface area contributed by atoms with Crippen LogP contribution in [-0.2, 0) is 0 Å². The first-order valence-corrected chi connectivity index (χ1v) is 8.15. The van der Waals surface area contributed by atoms with Gasteiger partial charge in [0, 0.05) is 28.9 Å². The van der Waals surface area contributed by atoms with Gasteiger partial charge in [-0.2, -0.15) is 0 Å². The van der Waals surface area contributed by atoms with Crippen LogP contribution in [0.5, 0.6) is 0 Å². The van der Waals surface area contributed by atoms with Gasteiger partial charge in [0.25, 0.3) is 0 Å². The number of nitrogens with zero attached hydrogens (tertiary/aromatic N) is 1. The van der Waals surface area contributed by atoms with Crippen LogP contribution in [0.4, 0.5) is 0 Å². The van der Waals surface area contributed by atoms with E-state index in [9.17, 15) is 0 Å². The summed E-state index contributed by atoms with van der Waals surface area (Å²) in [6.07, 6.45) is 6.44. The van der Waals surface area contributed by atoms with Crippen LogP contribution in [-0.4, -0.2) is 9.97 Å². The molecule has 2 nitrogen and oxygen atoms in total. The van der Waals surface area contributed by atoms with E-state index in [-0.39, 0.29) is 0 Å². The SMILES string of the molecule is C=C/C(=C(\CC)c1c[nH]c2ncccc12)c1cccc(Cl)c1Cl. The Bertz CT molecular complexity index is 907. The molecule has 0 atom stereocenters. The molecule has 2 aromatic heterocycles. The minimum atomic E-state index is 0.541. The molecule has 0 aliphatic carbocycles. The average molecular weight is 343 g/mol. The standard InChI is InChI=1S/C19H16Cl2N2/c1-3-12(14-7-5-9-17(20)18(14)21)13(4-2)16-11-23-19-15(16)8-6-10-22-19/h3,5-11H,1,4H2,2H3,(H,22,23)/b13-12-. The smallest absolute Gasteiger partial charge is 0.137 e. The van der Waals surface area contributed by atoms with E-state index in [1.165, 1.54) is 0 Å². The number of H-pyrrole nitrogens is 1. The largest absolute Gasteiger partial charge is 0.346 e. The molecule has 3 aromatic rings. The number of hydrogen-bond acceptors (Lipinski definition) is 1. The molecule has 2 heterocycles. The quantitative estimate of drug-likeness (QED) is 0.547. The van der Waals surface area contributed by atoms with E-state index in [1.807, 2.05) is 30.5 Å². The predicted octanol–water partition coefficient (Wildman–Crippen LogP) is 6.38. The summed E-state index contributed by atoms with van der Waals surface area (Å²) in [6, 6.07) is 9.65. The van der Waals surface area contributed by atoms with Gasteiger partial charge < -0.3 is 4.98 Å². The summed E-state index contributed by atoms with van der Waals surface area (Å²) in [6.45, 7) is 6.10. The molecule has 1 N–H and O–H groups in total. The third kappa shape index (κ3) is 2.80. The fraction of sp³-hybridized carbons (Fsp3) is 0.105. The fourth-order valence-electron chi connectivity index (χ4n) is 2.84. The Hall–Kier alpha value is -2.03. The maximum Gasteiger partial charge on any atom is 0.137 e. The molecule has 0 aliphatic rings. The summed E-state index contributed by atoms with van der Waals surface area (Å²) in [7, 11) is 0. The number of fused-ring (bicyclic) bond motifs is 1. The first-order valence-electron chi connectivity index (χ1n) is 7.39. The van der Waals surface area contributed by atoms with E-state index >= 15 is 0 Å². The minimum Gasteiger partial charge on any atom is -0.346 e. The second-order valence-electron chi connectivity index (χ2n) is 5.15. The highest BCUT2D eigenvalue weighted by molar-refractivity contribution is 6.43. The second kappa shape index (κ2) is 6.61. The lowest BCUT2D eigenvalue weighted by Gasteiger charge is -2.13. The van der Waals surface area contributed by atoms with Crippen molar-refractivity contribution in [2.24, 2.45) is 0 Å². The molecule has 0 radical (unpaired) electrons. The summed E-state index contributed by atoms with van der Waals surface area (Å²) >= 11 is 12.6. The summed E-state index contributed by atoms with van der Waals surface area (Å²) in [5, 5.41) is 2.18. The first kappa shape index (κ1) is 15.9. The Balaban J connectivity index is 2.29. The number of nitrogens with one attached hydrogen (secondary N) is 1.